The third-order valence-corrected chi connectivity index (χ3v) is 8.26. The van der Waals surface area contributed by atoms with Gasteiger partial charge in [-0.1, -0.05) is 86.3 Å². The van der Waals surface area contributed by atoms with Crippen LogP contribution in [-0.4, -0.2) is 21.4 Å². The van der Waals surface area contributed by atoms with Gasteiger partial charge in [-0.2, -0.15) is 0 Å². The van der Waals surface area contributed by atoms with Crippen LogP contribution in [0.3, 0.4) is 0 Å². The summed E-state index contributed by atoms with van der Waals surface area (Å²) in [6, 6.07) is 20.6. The van der Waals surface area contributed by atoms with Gasteiger partial charge in [0.05, 0.1) is 24.6 Å². The van der Waals surface area contributed by atoms with E-state index in [4.69, 9.17) is 9.72 Å². The molecule has 0 N–H and O–H groups in total. The second-order valence-electron chi connectivity index (χ2n) is 8.84. The molecule has 0 saturated carbocycles. The van der Waals surface area contributed by atoms with Crippen LogP contribution in [0, 0.1) is 5.92 Å². The zero-order valence-electron chi connectivity index (χ0n) is 19.0. The van der Waals surface area contributed by atoms with Crippen LogP contribution in [0.5, 0.6) is 0 Å². The second-order valence-corrected chi connectivity index (χ2v) is 11.0. The van der Waals surface area contributed by atoms with Crippen LogP contribution in [0.25, 0.3) is 10.2 Å². The Kier molecular flexibility index (Phi) is 6.67. The van der Waals surface area contributed by atoms with E-state index < -0.39 is 0 Å². The van der Waals surface area contributed by atoms with Gasteiger partial charge in [-0.25, -0.2) is 4.98 Å². The van der Waals surface area contributed by atoms with Crippen molar-refractivity contribution in [3.8, 4) is 0 Å². The summed E-state index contributed by atoms with van der Waals surface area (Å²) in [7, 11) is 0. The summed E-state index contributed by atoms with van der Waals surface area (Å²) in [6.07, 6.45) is 1.88. The molecule has 5 rings (SSSR count). The summed E-state index contributed by atoms with van der Waals surface area (Å²) in [6.45, 7) is 5.47. The van der Waals surface area contributed by atoms with Gasteiger partial charge in [0.15, 0.2) is 5.16 Å². The molecule has 1 aliphatic rings. The highest BCUT2D eigenvalue weighted by Gasteiger charge is 2.28. The minimum atomic E-state index is 0.0768. The fourth-order valence-corrected chi connectivity index (χ4v) is 6.44. The van der Waals surface area contributed by atoms with Crippen LogP contribution < -0.4 is 5.56 Å². The molecule has 1 aliphatic heterocycles. The number of ether oxygens (including phenoxy) is 1. The lowest BCUT2D eigenvalue weighted by atomic mass is 9.96. The Morgan fingerprint density at radius 1 is 1.09 bits per heavy atom. The van der Waals surface area contributed by atoms with E-state index in [1.165, 1.54) is 5.56 Å². The Labute approximate surface area is 202 Å². The quantitative estimate of drug-likeness (QED) is 0.245. The number of aromatic nitrogens is 2. The fourth-order valence-electron chi connectivity index (χ4n) is 4.29. The molecule has 0 aliphatic carbocycles. The molecule has 2 aromatic heterocycles. The average Bonchev–Trinajstić information content (AvgIpc) is 3.20. The van der Waals surface area contributed by atoms with Crippen molar-refractivity contribution in [1.29, 1.82) is 0 Å². The summed E-state index contributed by atoms with van der Waals surface area (Å²) in [5, 5.41) is 1.60. The highest BCUT2D eigenvalue weighted by atomic mass is 32.2. The van der Waals surface area contributed by atoms with E-state index in [-0.39, 0.29) is 11.7 Å². The Balaban J connectivity index is 1.53. The molecule has 0 radical (unpaired) electrons. The van der Waals surface area contributed by atoms with Crippen LogP contribution in [-0.2, 0) is 30.7 Å². The van der Waals surface area contributed by atoms with E-state index in [2.05, 4.69) is 50.2 Å². The van der Waals surface area contributed by atoms with Crippen molar-refractivity contribution in [1.82, 2.24) is 9.55 Å². The van der Waals surface area contributed by atoms with Gasteiger partial charge in [-0.05, 0) is 29.0 Å². The number of hydrogen-bond acceptors (Lipinski definition) is 5. The number of fused-ring (bicyclic) bond motifs is 3. The van der Waals surface area contributed by atoms with Crippen LogP contribution in [0.2, 0.25) is 0 Å². The van der Waals surface area contributed by atoms with Crippen molar-refractivity contribution in [2.75, 3.05) is 5.75 Å². The molecule has 2 aromatic carbocycles. The monoisotopic (exact) mass is 476 g/mol. The molecule has 3 heterocycles. The van der Waals surface area contributed by atoms with Gasteiger partial charge in [-0.3, -0.25) is 9.36 Å². The van der Waals surface area contributed by atoms with Crippen molar-refractivity contribution in [2.24, 2.45) is 5.92 Å². The molecule has 6 heteroatoms. The zero-order chi connectivity index (χ0) is 22.8. The lowest BCUT2D eigenvalue weighted by Gasteiger charge is -2.26. The number of thiophene rings is 1. The van der Waals surface area contributed by atoms with Crippen LogP contribution >= 0.6 is 23.1 Å². The number of benzene rings is 2. The van der Waals surface area contributed by atoms with E-state index in [1.54, 1.807) is 23.1 Å². The minimum absolute atomic E-state index is 0.0768. The van der Waals surface area contributed by atoms with Crippen LogP contribution in [0.4, 0.5) is 0 Å². The number of rotatable bonds is 7. The molecule has 0 unspecified atom stereocenters. The molecule has 0 saturated heterocycles. The summed E-state index contributed by atoms with van der Waals surface area (Å²) >= 11 is 3.29. The van der Waals surface area contributed by atoms with Crippen LogP contribution in [0.1, 0.15) is 35.4 Å². The molecular weight excluding hydrogens is 448 g/mol. The van der Waals surface area contributed by atoms with Crippen molar-refractivity contribution in [2.45, 2.75) is 51.1 Å². The van der Waals surface area contributed by atoms with Gasteiger partial charge in [0.25, 0.3) is 5.56 Å². The molecule has 0 spiro atoms. The fraction of sp³-hybridized carbons (Fsp3) is 0.333. The standard InChI is InChI=1S/C27H28N2O2S2/c1-18(2)22-15-21-23(17-31-22)33-25-24(21)26(30)29(16-20-11-7-4-8-12-20)27(28-25)32-14-13-19-9-5-3-6-10-19/h3-12,18,22H,13-17H2,1-2H3/t22-/m1/s1. The first kappa shape index (κ1) is 22.4. The summed E-state index contributed by atoms with van der Waals surface area (Å²) in [5.41, 5.74) is 3.64. The predicted molar refractivity (Wildman–Crippen MR) is 137 cm³/mol. The molecule has 170 valence electrons. The van der Waals surface area contributed by atoms with E-state index in [0.29, 0.717) is 19.1 Å². The molecule has 0 amide bonds. The molecule has 0 fully saturated rings. The Morgan fingerprint density at radius 2 is 1.79 bits per heavy atom. The third kappa shape index (κ3) is 4.79. The smallest absolute Gasteiger partial charge is 0.263 e. The Hall–Kier alpha value is -2.41. The van der Waals surface area contributed by atoms with Gasteiger partial charge < -0.3 is 4.74 Å². The SMILES string of the molecule is CC(C)[C@H]1Cc2c(sc3nc(SCCc4ccccc4)n(Cc4ccccc4)c(=O)c23)CO1. The number of aryl methyl sites for hydroxylation is 1. The van der Waals surface area contributed by atoms with E-state index in [0.717, 1.165) is 50.0 Å². The van der Waals surface area contributed by atoms with E-state index in [1.807, 2.05) is 28.8 Å². The van der Waals surface area contributed by atoms with Crippen molar-refractivity contribution in [3.63, 3.8) is 0 Å². The average molecular weight is 477 g/mol. The lowest BCUT2D eigenvalue weighted by Crippen LogP contribution is -2.28. The number of nitrogens with zero attached hydrogens (tertiary/aromatic N) is 2. The lowest BCUT2D eigenvalue weighted by molar-refractivity contribution is 0.00200. The largest absolute Gasteiger partial charge is 0.372 e. The molecule has 4 nitrogen and oxygen atoms in total. The number of hydrogen-bond donors (Lipinski definition) is 0. The van der Waals surface area contributed by atoms with Crippen molar-refractivity contribution >= 4 is 33.3 Å². The van der Waals surface area contributed by atoms with E-state index >= 15 is 0 Å². The van der Waals surface area contributed by atoms with Crippen molar-refractivity contribution in [3.05, 3.63) is 92.6 Å². The first-order chi connectivity index (χ1) is 16.1. The zero-order valence-corrected chi connectivity index (χ0v) is 20.6. The third-order valence-electron chi connectivity index (χ3n) is 6.18. The predicted octanol–water partition coefficient (Wildman–Crippen LogP) is 5.94. The normalized spacial score (nSPS) is 15.8. The first-order valence-electron chi connectivity index (χ1n) is 11.5. The summed E-state index contributed by atoms with van der Waals surface area (Å²) in [4.78, 5) is 20.9. The maximum atomic E-state index is 13.9. The second kappa shape index (κ2) is 9.84. The highest BCUT2D eigenvalue weighted by molar-refractivity contribution is 7.99. The van der Waals surface area contributed by atoms with Crippen LogP contribution in [0.15, 0.2) is 70.6 Å². The van der Waals surface area contributed by atoms with E-state index in [9.17, 15) is 4.79 Å². The highest BCUT2D eigenvalue weighted by Crippen LogP contribution is 2.36. The maximum absolute atomic E-state index is 13.9. The maximum Gasteiger partial charge on any atom is 0.263 e. The van der Waals surface area contributed by atoms with Gasteiger partial charge >= 0.3 is 0 Å². The summed E-state index contributed by atoms with van der Waals surface area (Å²) in [5.74, 6) is 1.29. The van der Waals surface area contributed by atoms with Gasteiger partial charge in [0.1, 0.15) is 4.83 Å². The van der Waals surface area contributed by atoms with Gasteiger partial charge in [0.2, 0.25) is 0 Å². The first-order valence-corrected chi connectivity index (χ1v) is 13.3. The molecule has 33 heavy (non-hydrogen) atoms. The minimum Gasteiger partial charge on any atom is -0.372 e. The van der Waals surface area contributed by atoms with Gasteiger partial charge in [0, 0.05) is 17.1 Å². The van der Waals surface area contributed by atoms with Gasteiger partial charge in [-0.15, -0.1) is 11.3 Å². The summed E-state index contributed by atoms with van der Waals surface area (Å²) < 4.78 is 7.95. The number of thioether (sulfide) groups is 1. The Bertz CT molecular complexity index is 1300. The molecule has 0 bridgehead atoms. The Morgan fingerprint density at radius 3 is 2.48 bits per heavy atom. The van der Waals surface area contributed by atoms with Crippen molar-refractivity contribution < 1.29 is 4.74 Å². The molecule has 4 aromatic rings. The molecule has 1 atom stereocenters. The molecular formula is C27H28N2O2S2. The topological polar surface area (TPSA) is 44.1 Å².